The topological polar surface area (TPSA) is 58.4 Å². The summed E-state index contributed by atoms with van der Waals surface area (Å²) >= 11 is 5.23. The molecule has 5 heteroatoms. The lowest BCUT2D eigenvalue weighted by Gasteiger charge is -2.40. The van der Waals surface area contributed by atoms with Crippen molar-refractivity contribution in [2.45, 2.75) is 51.5 Å². The van der Waals surface area contributed by atoms with Gasteiger partial charge in [-0.2, -0.15) is 0 Å². The summed E-state index contributed by atoms with van der Waals surface area (Å²) in [5.41, 5.74) is 5.34. The molecule has 114 valence electrons. The van der Waals surface area contributed by atoms with Crippen molar-refractivity contribution < 1.29 is 4.79 Å². The molecule has 2 atom stereocenters. The Bertz CT molecular complexity index is 379. The first-order valence-corrected chi connectivity index (χ1v) is 8.16. The predicted octanol–water partition coefficient (Wildman–Crippen LogP) is 1.68. The highest BCUT2D eigenvalue weighted by molar-refractivity contribution is 7.80. The lowest BCUT2D eigenvalue weighted by atomic mass is 9.73. The number of hydrogen-bond donors (Lipinski definition) is 2. The second-order valence-electron chi connectivity index (χ2n) is 6.62. The van der Waals surface area contributed by atoms with E-state index < -0.39 is 5.41 Å². The number of nitrogens with two attached hydrogens (primary N) is 1. The first-order chi connectivity index (χ1) is 9.45. The third kappa shape index (κ3) is 3.14. The molecule has 2 rings (SSSR count). The van der Waals surface area contributed by atoms with Gasteiger partial charge in [-0.1, -0.05) is 38.4 Å². The summed E-state index contributed by atoms with van der Waals surface area (Å²) in [4.78, 5) is 15.5. The first-order valence-electron chi connectivity index (χ1n) is 7.75. The molecule has 4 nitrogen and oxygen atoms in total. The third-order valence-corrected chi connectivity index (χ3v) is 5.43. The normalized spacial score (nSPS) is 30.7. The van der Waals surface area contributed by atoms with E-state index in [-0.39, 0.29) is 11.9 Å². The zero-order valence-electron chi connectivity index (χ0n) is 12.7. The fraction of sp³-hybridized carbons (Fsp3) is 0.867. The van der Waals surface area contributed by atoms with E-state index in [4.69, 9.17) is 18.0 Å². The molecule has 3 N–H and O–H groups in total. The molecule has 2 aliphatic rings. The molecule has 0 spiro atoms. The first kappa shape index (κ1) is 15.7. The Morgan fingerprint density at radius 3 is 2.55 bits per heavy atom. The maximum absolute atomic E-state index is 12.8. The minimum absolute atomic E-state index is 0.0751. The second-order valence-corrected chi connectivity index (χ2v) is 7.06. The molecule has 2 fully saturated rings. The Hall–Kier alpha value is -0.680. The average molecular weight is 297 g/mol. The third-order valence-electron chi connectivity index (χ3n) is 5.04. The quantitative estimate of drug-likeness (QED) is 0.778. The number of nitrogens with one attached hydrogen (secondary N) is 1. The van der Waals surface area contributed by atoms with Crippen LogP contribution in [0.15, 0.2) is 0 Å². The maximum Gasteiger partial charge on any atom is 0.233 e. The van der Waals surface area contributed by atoms with Crippen LogP contribution in [0.3, 0.4) is 0 Å². The number of thiocarbonyl (C=S) groups is 1. The largest absolute Gasteiger partial charge is 0.392 e. The van der Waals surface area contributed by atoms with Crippen LogP contribution in [0.25, 0.3) is 0 Å². The van der Waals surface area contributed by atoms with Crippen molar-refractivity contribution in [3.63, 3.8) is 0 Å². The van der Waals surface area contributed by atoms with Crippen molar-refractivity contribution >= 4 is 23.1 Å². The van der Waals surface area contributed by atoms with Gasteiger partial charge in [0.2, 0.25) is 5.91 Å². The SMILES string of the molecule is CC1CN(C)CCC1NC(=O)C1(C(N)=S)CCCCC1. The van der Waals surface area contributed by atoms with E-state index in [1.54, 1.807) is 0 Å². The van der Waals surface area contributed by atoms with Crippen molar-refractivity contribution in [1.82, 2.24) is 10.2 Å². The summed E-state index contributed by atoms with van der Waals surface area (Å²) in [6.07, 6.45) is 5.92. The number of piperidine rings is 1. The molecule has 1 heterocycles. The van der Waals surface area contributed by atoms with Gasteiger partial charge in [0.25, 0.3) is 0 Å². The van der Waals surface area contributed by atoms with E-state index in [1.165, 1.54) is 6.42 Å². The second kappa shape index (κ2) is 6.39. The number of carbonyl (C=O) groups is 1. The van der Waals surface area contributed by atoms with E-state index in [2.05, 4.69) is 24.2 Å². The number of nitrogens with zero attached hydrogens (tertiary/aromatic N) is 1. The van der Waals surface area contributed by atoms with E-state index in [9.17, 15) is 4.79 Å². The van der Waals surface area contributed by atoms with Crippen LogP contribution in [0.2, 0.25) is 0 Å². The summed E-state index contributed by atoms with van der Waals surface area (Å²) in [5, 5.41) is 3.25. The zero-order chi connectivity index (χ0) is 14.8. The lowest BCUT2D eigenvalue weighted by Crippen LogP contribution is -2.56. The fourth-order valence-electron chi connectivity index (χ4n) is 3.62. The van der Waals surface area contributed by atoms with Gasteiger partial charge in [-0.15, -0.1) is 0 Å². The average Bonchev–Trinajstić information content (AvgIpc) is 2.42. The van der Waals surface area contributed by atoms with Crippen molar-refractivity contribution in [3.8, 4) is 0 Å². The molecular weight excluding hydrogens is 270 g/mol. The lowest BCUT2D eigenvalue weighted by molar-refractivity contribution is -0.130. The number of carbonyl (C=O) groups excluding carboxylic acids is 1. The highest BCUT2D eigenvalue weighted by atomic mass is 32.1. The molecule has 1 saturated carbocycles. The van der Waals surface area contributed by atoms with Gasteiger partial charge in [0.15, 0.2) is 0 Å². The summed E-state index contributed by atoms with van der Waals surface area (Å²) in [6.45, 7) is 4.27. The summed E-state index contributed by atoms with van der Waals surface area (Å²) in [7, 11) is 2.13. The predicted molar refractivity (Wildman–Crippen MR) is 85.5 cm³/mol. The molecule has 1 amide bonds. The fourth-order valence-corrected chi connectivity index (χ4v) is 3.91. The van der Waals surface area contributed by atoms with Gasteiger partial charge in [0.05, 0.1) is 10.4 Å². The van der Waals surface area contributed by atoms with Crippen LogP contribution in [-0.4, -0.2) is 42.0 Å². The van der Waals surface area contributed by atoms with Crippen molar-refractivity contribution in [1.29, 1.82) is 0 Å². The Morgan fingerprint density at radius 1 is 1.35 bits per heavy atom. The Morgan fingerprint density at radius 2 is 2.00 bits per heavy atom. The molecule has 0 aromatic carbocycles. The molecular formula is C15H27N3OS. The monoisotopic (exact) mass is 297 g/mol. The smallest absolute Gasteiger partial charge is 0.233 e. The van der Waals surface area contributed by atoms with Gasteiger partial charge in [-0.3, -0.25) is 4.79 Å². The minimum atomic E-state index is -0.587. The minimum Gasteiger partial charge on any atom is -0.392 e. The van der Waals surface area contributed by atoms with Gasteiger partial charge >= 0.3 is 0 Å². The van der Waals surface area contributed by atoms with Crippen LogP contribution in [0.5, 0.6) is 0 Å². The molecule has 0 bridgehead atoms. The van der Waals surface area contributed by atoms with Gasteiger partial charge in [0.1, 0.15) is 0 Å². The van der Waals surface area contributed by atoms with Crippen LogP contribution in [0.1, 0.15) is 45.4 Å². The Balaban J connectivity index is 2.03. The molecule has 0 radical (unpaired) electrons. The van der Waals surface area contributed by atoms with E-state index >= 15 is 0 Å². The van der Waals surface area contributed by atoms with E-state index in [0.717, 1.165) is 45.2 Å². The summed E-state index contributed by atoms with van der Waals surface area (Å²) < 4.78 is 0. The van der Waals surface area contributed by atoms with Crippen molar-refractivity contribution in [3.05, 3.63) is 0 Å². The van der Waals surface area contributed by atoms with Gasteiger partial charge in [-0.05, 0) is 38.8 Å². The van der Waals surface area contributed by atoms with Gasteiger partial charge < -0.3 is 16.0 Å². The van der Waals surface area contributed by atoms with Crippen molar-refractivity contribution in [2.24, 2.45) is 17.1 Å². The zero-order valence-corrected chi connectivity index (χ0v) is 13.5. The summed E-state index contributed by atoms with van der Waals surface area (Å²) in [5.74, 6) is 0.552. The van der Waals surface area contributed by atoms with Crippen LogP contribution in [0.4, 0.5) is 0 Å². The number of amides is 1. The Kier molecular flexibility index (Phi) is 5.02. The molecule has 20 heavy (non-hydrogen) atoms. The number of rotatable bonds is 3. The molecule has 2 unspecified atom stereocenters. The maximum atomic E-state index is 12.8. The summed E-state index contributed by atoms with van der Waals surface area (Å²) in [6, 6.07) is 0.256. The molecule has 1 saturated heterocycles. The van der Waals surface area contributed by atoms with Crippen LogP contribution in [-0.2, 0) is 4.79 Å². The highest BCUT2D eigenvalue weighted by Crippen LogP contribution is 2.37. The number of likely N-dealkylation sites (tertiary alicyclic amines) is 1. The van der Waals surface area contributed by atoms with E-state index in [0.29, 0.717) is 10.9 Å². The molecule has 1 aliphatic heterocycles. The van der Waals surface area contributed by atoms with Crippen molar-refractivity contribution in [2.75, 3.05) is 20.1 Å². The van der Waals surface area contributed by atoms with E-state index in [1.807, 2.05) is 0 Å². The molecule has 1 aliphatic carbocycles. The Labute approximate surface area is 127 Å². The standard InChI is InChI=1S/C15H27N3OS/c1-11-10-18(2)9-6-12(11)17-14(19)15(13(16)20)7-4-3-5-8-15/h11-12H,3-10H2,1-2H3,(H2,16,20)(H,17,19). The highest BCUT2D eigenvalue weighted by Gasteiger charge is 2.43. The van der Waals surface area contributed by atoms with Crippen LogP contribution < -0.4 is 11.1 Å². The van der Waals surface area contributed by atoms with Gasteiger partial charge in [0, 0.05) is 12.6 Å². The number of hydrogen-bond acceptors (Lipinski definition) is 3. The molecule has 0 aromatic heterocycles. The van der Waals surface area contributed by atoms with Gasteiger partial charge in [-0.25, -0.2) is 0 Å². The molecule has 0 aromatic rings. The van der Waals surface area contributed by atoms with Crippen LogP contribution >= 0.6 is 12.2 Å². The van der Waals surface area contributed by atoms with Crippen LogP contribution in [0, 0.1) is 11.3 Å².